The number of ether oxygens (including phenoxy) is 1. The number of carbonyl (C=O) groups is 1. The quantitative estimate of drug-likeness (QED) is 0.517. The van der Waals surface area contributed by atoms with Crippen LogP contribution >= 0.6 is 12.4 Å². The van der Waals surface area contributed by atoms with Crippen LogP contribution in [0.4, 0.5) is 0 Å². The molecule has 0 spiro atoms. The normalized spacial score (nSPS) is 17.3. The van der Waals surface area contributed by atoms with Gasteiger partial charge in [-0.25, -0.2) is 0 Å². The Morgan fingerprint density at radius 3 is 2.42 bits per heavy atom. The summed E-state index contributed by atoms with van der Waals surface area (Å²) in [6.07, 6.45) is 1.99. The molecule has 4 rings (SSSR count). The summed E-state index contributed by atoms with van der Waals surface area (Å²) in [5.74, 6) is 0.685. The molecule has 0 aliphatic heterocycles. The van der Waals surface area contributed by atoms with Crippen molar-refractivity contribution in [1.82, 2.24) is 5.32 Å². The molecule has 0 saturated heterocycles. The Labute approximate surface area is 189 Å². The first kappa shape index (κ1) is 22.9. The van der Waals surface area contributed by atoms with Gasteiger partial charge in [-0.05, 0) is 59.7 Å². The fraction of sp³-hybridized carbons (Fsp3) is 0.269. The maximum atomic E-state index is 10.9. The molecule has 0 bridgehead atoms. The van der Waals surface area contributed by atoms with Gasteiger partial charge in [-0.2, -0.15) is 0 Å². The van der Waals surface area contributed by atoms with Crippen molar-refractivity contribution in [3.63, 3.8) is 0 Å². The van der Waals surface area contributed by atoms with Crippen molar-refractivity contribution in [2.75, 3.05) is 13.1 Å². The Balaban J connectivity index is 0.00000272. The van der Waals surface area contributed by atoms with Crippen LogP contribution in [0.3, 0.4) is 0 Å². The summed E-state index contributed by atoms with van der Waals surface area (Å²) in [7, 11) is 0. The zero-order valence-electron chi connectivity index (χ0n) is 17.4. The predicted molar refractivity (Wildman–Crippen MR) is 125 cm³/mol. The summed E-state index contributed by atoms with van der Waals surface area (Å²) >= 11 is 0. The topological polar surface area (TPSA) is 58.6 Å². The molecule has 1 aliphatic rings. The zero-order valence-corrected chi connectivity index (χ0v) is 18.2. The largest absolute Gasteiger partial charge is 0.489 e. The second-order valence-electron chi connectivity index (χ2n) is 7.85. The Kier molecular flexibility index (Phi) is 8.10. The van der Waals surface area contributed by atoms with E-state index in [2.05, 4.69) is 59.9 Å². The van der Waals surface area contributed by atoms with Gasteiger partial charge in [0.25, 0.3) is 0 Å². The maximum Gasteiger partial charge on any atom is 0.317 e. The minimum absolute atomic E-state index is 0. The van der Waals surface area contributed by atoms with Gasteiger partial charge in [0.1, 0.15) is 12.4 Å². The van der Waals surface area contributed by atoms with Gasteiger partial charge in [-0.1, -0.05) is 66.7 Å². The molecule has 3 aromatic carbocycles. The van der Waals surface area contributed by atoms with E-state index in [0.717, 1.165) is 24.2 Å². The van der Waals surface area contributed by atoms with Gasteiger partial charge in [0.2, 0.25) is 0 Å². The fourth-order valence-electron chi connectivity index (χ4n) is 4.39. The predicted octanol–water partition coefficient (Wildman–Crippen LogP) is 5.06. The number of nitrogens with one attached hydrogen (secondary N) is 1. The van der Waals surface area contributed by atoms with Crippen LogP contribution < -0.4 is 10.1 Å². The van der Waals surface area contributed by atoms with Crippen molar-refractivity contribution < 1.29 is 14.6 Å². The lowest BCUT2D eigenvalue weighted by Gasteiger charge is -2.34. The van der Waals surface area contributed by atoms with E-state index in [-0.39, 0.29) is 24.9 Å². The lowest BCUT2D eigenvalue weighted by molar-refractivity contribution is -0.136. The average molecular weight is 438 g/mol. The number of aryl methyl sites for hydroxylation is 1. The molecule has 0 fully saturated rings. The minimum atomic E-state index is -0.817. The van der Waals surface area contributed by atoms with E-state index in [0.29, 0.717) is 19.1 Å². The number of carboxylic acids is 1. The minimum Gasteiger partial charge on any atom is -0.489 e. The molecular formula is C26H28ClNO3. The van der Waals surface area contributed by atoms with E-state index in [9.17, 15) is 4.79 Å². The number of halogens is 1. The Hall–Kier alpha value is -2.82. The van der Waals surface area contributed by atoms with Crippen molar-refractivity contribution >= 4 is 18.4 Å². The first-order chi connectivity index (χ1) is 14.7. The van der Waals surface area contributed by atoms with Gasteiger partial charge < -0.3 is 15.2 Å². The smallest absolute Gasteiger partial charge is 0.317 e. The van der Waals surface area contributed by atoms with E-state index < -0.39 is 5.97 Å². The SMILES string of the molecule is Cl.O=C(O)CNCC1CCc2cc(OCc3ccccc3)ccc2C1c1ccccc1. The molecule has 4 nitrogen and oxygen atoms in total. The monoisotopic (exact) mass is 437 g/mol. The Morgan fingerprint density at radius 1 is 1.00 bits per heavy atom. The highest BCUT2D eigenvalue weighted by molar-refractivity contribution is 5.85. The van der Waals surface area contributed by atoms with Gasteiger partial charge in [0.05, 0.1) is 6.54 Å². The molecule has 1 aliphatic carbocycles. The Morgan fingerprint density at radius 2 is 1.71 bits per heavy atom. The molecule has 0 amide bonds. The van der Waals surface area contributed by atoms with Crippen molar-refractivity contribution in [2.45, 2.75) is 25.4 Å². The van der Waals surface area contributed by atoms with Gasteiger partial charge in [-0.15, -0.1) is 12.4 Å². The number of aliphatic carboxylic acids is 1. The van der Waals surface area contributed by atoms with Crippen LogP contribution in [0.2, 0.25) is 0 Å². The fourth-order valence-corrected chi connectivity index (χ4v) is 4.39. The van der Waals surface area contributed by atoms with Crippen LogP contribution in [0.1, 0.15) is 34.6 Å². The molecule has 0 aromatic heterocycles. The molecule has 2 atom stereocenters. The summed E-state index contributed by atoms with van der Waals surface area (Å²) in [6, 6.07) is 27.1. The van der Waals surface area contributed by atoms with Gasteiger partial charge in [-0.3, -0.25) is 4.79 Å². The summed E-state index contributed by atoms with van der Waals surface area (Å²) in [4.78, 5) is 10.9. The summed E-state index contributed by atoms with van der Waals surface area (Å²) in [5.41, 5.74) is 5.08. The second kappa shape index (κ2) is 11.0. The van der Waals surface area contributed by atoms with E-state index in [1.165, 1.54) is 16.7 Å². The molecule has 0 radical (unpaired) electrons. The lowest BCUT2D eigenvalue weighted by Crippen LogP contribution is -2.34. The number of hydrogen-bond acceptors (Lipinski definition) is 3. The van der Waals surface area contributed by atoms with Gasteiger partial charge in [0.15, 0.2) is 0 Å². The van der Waals surface area contributed by atoms with Crippen LogP contribution in [0, 0.1) is 5.92 Å². The third-order valence-electron chi connectivity index (χ3n) is 5.80. The number of hydrogen-bond donors (Lipinski definition) is 2. The van der Waals surface area contributed by atoms with E-state index in [4.69, 9.17) is 9.84 Å². The van der Waals surface area contributed by atoms with Crippen LogP contribution in [0.15, 0.2) is 78.9 Å². The molecule has 2 N–H and O–H groups in total. The number of rotatable bonds is 8. The van der Waals surface area contributed by atoms with Crippen LogP contribution in [-0.2, 0) is 17.8 Å². The van der Waals surface area contributed by atoms with Crippen LogP contribution in [0.25, 0.3) is 0 Å². The highest BCUT2D eigenvalue weighted by Gasteiger charge is 2.30. The summed E-state index contributed by atoms with van der Waals surface area (Å²) < 4.78 is 6.04. The molecule has 0 saturated carbocycles. The molecule has 0 heterocycles. The zero-order chi connectivity index (χ0) is 20.8. The molecule has 162 valence electrons. The first-order valence-electron chi connectivity index (χ1n) is 10.5. The summed E-state index contributed by atoms with van der Waals surface area (Å²) in [6.45, 7) is 1.25. The van der Waals surface area contributed by atoms with Crippen LogP contribution in [0.5, 0.6) is 5.75 Å². The summed E-state index contributed by atoms with van der Waals surface area (Å²) in [5, 5.41) is 12.1. The number of fused-ring (bicyclic) bond motifs is 1. The van der Waals surface area contributed by atoms with Crippen molar-refractivity contribution in [3.8, 4) is 5.75 Å². The van der Waals surface area contributed by atoms with Crippen molar-refractivity contribution in [1.29, 1.82) is 0 Å². The molecule has 5 heteroatoms. The van der Waals surface area contributed by atoms with E-state index in [1.807, 2.05) is 24.3 Å². The van der Waals surface area contributed by atoms with Crippen molar-refractivity contribution in [3.05, 3.63) is 101 Å². The lowest BCUT2D eigenvalue weighted by atomic mass is 9.71. The number of carboxylic acid groups (broad SMARTS) is 1. The molecular weight excluding hydrogens is 410 g/mol. The molecule has 2 unspecified atom stereocenters. The molecule has 3 aromatic rings. The standard InChI is InChI=1S/C26H27NO3.ClH/c28-25(29)17-27-16-22-12-11-21-15-23(30-18-19-7-3-1-4-8-19)13-14-24(21)26(22)20-9-5-2-6-10-20;/h1-10,13-15,22,26-27H,11-12,16-18H2,(H,28,29);1H. The highest BCUT2D eigenvalue weighted by atomic mass is 35.5. The maximum absolute atomic E-state index is 10.9. The van der Waals surface area contributed by atoms with Gasteiger partial charge >= 0.3 is 5.97 Å². The Bertz CT molecular complexity index is 978. The van der Waals surface area contributed by atoms with Crippen molar-refractivity contribution in [2.24, 2.45) is 5.92 Å². The highest BCUT2D eigenvalue weighted by Crippen LogP contribution is 2.41. The van der Waals surface area contributed by atoms with E-state index >= 15 is 0 Å². The number of benzene rings is 3. The van der Waals surface area contributed by atoms with E-state index in [1.54, 1.807) is 0 Å². The first-order valence-corrected chi connectivity index (χ1v) is 10.5. The average Bonchev–Trinajstić information content (AvgIpc) is 2.78. The third kappa shape index (κ3) is 5.87. The third-order valence-corrected chi connectivity index (χ3v) is 5.80. The molecule has 31 heavy (non-hydrogen) atoms. The van der Waals surface area contributed by atoms with Crippen LogP contribution in [-0.4, -0.2) is 24.2 Å². The van der Waals surface area contributed by atoms with Gasteiger partial charge in [0, 0.05) is 5.92 Å². The second-order valence-corrected chi connectivity index (χ2v) is 7.85.